The number of aliphatic hydroxyl groups is 1. The smallest absolute Gasteiger partial charge is 0.128 e. The largest absolute Gasteiger partial charge is 0.392 e. The number of aliphatic hydroxyl groups excluding tert-OH is 1. The van der Waals surface area contributed by atoms with Gasteiger partial charge in [-0.05, 0) is 36.0 Å². The minimum absolute atomic E-state index is 0.0945. The summed E-state index contributed by atoms with van der Waals surface area (Å²) in [5.74, 6) is 1.02. The van der Waals surface area contributed by atoms with Crippen LogP contribution in [-0.4, -0.2) is 23.2 Å². The van der Waals surface area contributed by atoms with Crippen LogP contribution in [0.2, 0.25) is 0 Å². The van der Waals surface area contributed by atoms with Crippen LogP contribution >= 0.6 is 0 Å². The Labute approximate surface area is 110 Å². The Kier molecular flexibility index (Phi) is 4.23. The molecule has 0 aliphatic carbocycles. The summed E-state index contributed by atoms with van der Waals surface area (Å²) < 4.78 is 0. The van der Waals surface area contributed by atoms with Gasteiger partial charge in [-0.1, -0.05) is 26.7 Å². The summed E-state index contributed by atoms with van der Waals surface area (Å²) in [7, 11) is 0. The minimum Gasteiger partial charge on any atom is -0.392 e. The van der Waals surface area contributed by atoms with Crippen LogP contribution in [0, 0.1) is 5.41 Å². The van der Waals surface area contributed by atoms with E-state index in [1.807, 2.05) is 12.1 Å². The minimum atomic E-state index is 0.0945. The van der Waals surface area contributed by atoms with Gasteiger partial charge in [-0.2, -0.15) is 0 Å². The third-order valence-corrected chi connectivity index (χ3v) is 4.64. The van der Waals surface area contributed by atoms with Crippen molar-refractivity contribution in [2.45, 2.75) is 46.1 Å². The molecule has 0 unspecified atom stereocenters. The van der Waals surface area contributed by atoms with E-state index < -0.39 is 0 Å². The predicted molar refractivity (Wildman–Crippen MR) is 74.6 cm³/mol. The fourth-order valence-corrected chi connectivity index (χ4v) is 2.90. The van der Waals surface area contributed by atoms with Gasteiger partial charge in [0.05, 0.1) is 6.61 Å². The maximum absolute atomic E-state index is 9.17. The van der Waals surface area contributed by atoms with Gasteiger partial charge in [-0.25, -0.2) is 4.98 Å². The molecule has 1 fully saturated rings. The molecule has 3 heteroatoms. The Balaban J connectivity index is 2.04. The second-order valence-electron chi connectivity index (χ2n) is 5.37. The molecule has 1 aliphatic rings. The molecule has 2 heterocycles. The highest BCUT2D eigenvalue weighted by atomic mass is 16.3. The Morgan fingerprint density at radius 3 is 2.50 bits per heavy atom. The van der Waals surface area contributed by atoms with Crippen molar-refractivity contribution in [2.24, 2.45) is 5.41 Å². The highest BCUT2D eigenvalue weighted by molar-refractivity contribution is 5.41. The Hall–Kier alpha value is -1.09. The molecule has 1 aliphatic heterocycles. The van der Waals surface area contributed by atoms with Crippen LogP contribution in [-0.2, 0) is 6.61 Å². The zero-order valence-corrected chi connectivity index (χ0v) is 11.5. The van der Waals surface area contributed by atoms with Gasteiger partial charge >= 0.3 is 0 Å². The van der Waals surface area contributed by atoms with Crippen molar-refractivity contribution in [3.8, 4) is 0 Å². The summed E-state index contributed by atoms with van der Waals surface area (Å²) in [6.07, 6.45) is 6.86. The van der Waals surface area contributed by atoms with E-state index >= 15 is 0 Å². The lowest BCUT2D eigenvalue weighted by atomic mass is 9.74. The molecule has 0 spiro atoms. The zero-order chi connectivity index (χ0) is 13.0. The number of rotatable bonds is 4. The first kappa shape index (κ1) is 13.3. The number of piperidine rings is 1. The van der Waals surface area contributed by atoms with Crippen LogP contribution in [0.5, 0.6) is 0 Å². The van der Waals surface area contributed by atoms with Crippen LogP contribution < -0.4 is 4.90 Å². The first-order chi connectivity index (χ1) is 8.73. The fraction of sp³-hybridized carbons (Fsp3) is 0.667. The molecule has 1 saturated heterocycles. The van der Waals surface area contributed by atoms with Crippen molar-refractivity contribution in [3.05, 3.63) is 23.9 Å². The maximum Gasteiger partial charge on any atom is 0.128 e. The highest BCUT2D eigenvalue weighted by Gasteiger charge is 2.31. The van der Waals surface area contributed by atoms with Crippen molar-refractivity contribution >= 4 is 5.82 Å². The van der Waals surface area contributed by atoms with E-state index in [1.165, 1.54) is 25.7 Å². The normalized spacial score (nSPS) is 18.9. The molecule has 0 aromatic carbocycles. The molecule has 1 aromatic heterocycles. The highest BCUT2D eigenvalue weighted by Crippen LogP contribution is 2.38. The van der Waals surface area contributed by atoms with E-state index in [0.717, 1.165) is 24.5 Å². The van der Waals surface area contributed by atoms with E-state index in [1.54, 1.807) is 6.20 Å². The van der Waals surface area contributed by atoms with Crippen LogP contribution in [0.3, 0.4) is 0 Å². The molecule has 3 nitrogen and oxygen atoms in total. The summed E-state index contributed by atoms with van der Waals surface area (Å²) in [5, 5.41) is 9.17. The third-order valence-electron chi connectivity index (χ3n) is 4.64. The number of nitrogens with zero attached hydrogens (tertiary/aromatic N) is 2. The summed E-state index contributed by atoms with van der Waals surface area (Å²) in [4.78, 5) is 6.78. The maximum atomic E-state index is 9.17. The van der Waals surface area contributed by atoms with E-state index in [2.05, 4.69) is 23.7 Å². The molecule has 0 bridgehead atoms. The number of hydrogen-bond acceptors (Lipinski definition) is 3. The van der Waals surface area contributed by atoms with E-state index in [0.29, 0.717) is 5.41 Å². The quantitative estimate of drug-likeness (QED) is 0.890. The van der Waals surface area contributed by atoms with E-state index in [9.17, 15) is 5.11 Å². The van der Waals surface area contributed by atoms with Gasteiger partial charge in [0.25, 0.3) is 0 Å². The monoisotopic (exact) mass is 248 g/mol. The van der Waals surface area contributed by atoms with Crippen LogP contribution in [0.15, 0.2) is 18.3 Å². The summed E-state index contributed by atoms with van der Waals surface area (Å²) in [6.45, 7) is 6.89. The number of hydrogen-bond donors (Lipinski definition) is 1. The molecule has 18 heavy (non-hydrogen) atoms. The first-order valence-electron chi connectivity index (χ1n) is 7.04. The molecule has 0 atom stereocenters. The molecule has 100 valence electrons. The van der Waals surface area contributed by atoms with Gasteiger partial charge in [-0.15, -0.1) is 0 Å². The molecule has 1 N–H and O–H groups in total. The fourth-order valence-electron chi connectivity index (χ4n) is 2.90. The second kappa shape index (κ2) is 5.70. The van der Waals surface area contributed by atoms with Gasteiger partial charge in [-0.3, -0.25) is 0 Å². The number of aromatic nitrogens is 1. The Bertz CT molecular complexity index is 378. The summed E-state index contributed by atoms with van der Waals surface area (Å²) >= 11 is 0. The summed E-state index contributed by atoms with van der Waals surface area (Å²) in [5.41, 5.74) is 1.49. The lowest BCUT2D eigenvalue weighted by Crippen LogP contribution is -2.40. The van der Waals surface area contributed by atoms with Crippen LogP contribution in [0.1, 0.15) is 45.1 Å². The molecular weight excluding hydrogens is 224 g/mol. The van der Waals surface area contributed by atoms with Gasteiger partial charge < -0.3 is 10.0 Å². The number of anilines is 1. The van der Waals surface area contributed by atoms with Crippen LogP contribution in [0.25, 0.3) is 0 Å². The van der Waals surface area contributed by atoms with Crippen molar-refractivity contribution in [3.63, 3.8) is 0 Å². The van der Waals surface area contributed by atoms with Crippen molar-refractivity contribution in [1.82, 2.24) is 4.98 Å². The third kappa shape index (κ3) is 2.66. The SMILES string of the molecule is CCC1(CC)CCN(c2cc(CO)ccn2)CC1. The molecule has 0 saturated carbocycles. The molecule has 0 radical (unpaired) electrons. The van der Waals surface area contributed by atoms with Crippen molar-refractivity contribution < 1.29 is 5.11 Å². The Morgan fingerprint density at radius 2 is 1.94 bits per heavy atom. The van der Waals surface area contributed by atoms with Crippen LogP contribution in [0.4, 0.5) is 5.82 Å². The average Bonchev–Trinajstić information content (AvgIpc) is 2.47. The van der Waals surface area contributed by atoms with Gasteiger partial charge in [0.15, 0.2) is 0 Å². The zero-order valence-electron chi connectivity index (χ0n) is 11.5. The molecular formula is C15H24N2O. The van der Waals surface area contributed by atoms with Gasteiger partial charge in [0.1, 0.15) is 5.82 Å². The number of pyridine rings is 1. The first-order valence-corrected chi connectivity index (χ1v) is 7.04. The lowest BCUT2D eigenvalue weighted by molar-refractivity contribution is 0.199. The second-order valence-corrected chi connectivity index (χ2v) is 5.37. The molecule has 2 rings (SSSR count). The lowest BCUT2D eigenvalue weighted by Gasteiger charge is -2.41. The average molecular weight is 248 g/mol. The standard InChI is InChI=1S/C15H24N2O/c1-3-15(4-2)6-9-17(10-7-15)14-11-13(12-18)5-8-16-14/h5,8,11,18H,3-4,6-7,9-10,12H2,1-2H3. The van der Waals surface area contributed by atoms with E-state index in [-0.39, 0.29) is 6.61 Å². The van der Waals surface area contributed by atoms with Gasteiger partial charge in [0, 0.05) is 19.3 Å². The summed E-state index contributed by atoms with van der Waals surface area (Å²) in [6, 6.07) is 3.88. The van der Waals surface area contributed by atoms with E-state index in [4.69, 9.17) is 0 Å². The molecule has 1 aromatic rings. The topological polar surface area (TPSA) is 36.4 Å². The van der Waals surface area contributed by atoms with Crippen molar-refractivity contribution in [2.75, 3.05) is 18.0 Å². The molecule has 0 amide bonds. The predicted octanol–water partition coefficient (Wildman–Crippen LogP) is 2.98. The van der Waals surface area contributed by atoms with Gasteiger partial charge in [0.2, 0.25) is 0 Å². The Morgan fingerprint density at radius 1 is 1.28 bits per heavy atom. The van der Waals surface area contributed by atoms with Crippen molar-refractivity contribution in [1.29, 1.82) is 0 Å².